The van der Waals surface area contributed by atoms with E-state index in [-0.39, 0.29) is 0 Å². The Morgan fingerprint density at radius 1 is 1.55 bits per heavy atom. The van der Waals surface area contributed by atoms with E-state index in [4.69, 9.17) is 0 Å². The average molecular weight is 170 g/mol. The van der Waals surface area contributed by atoms with Crippen LogP contribution in [-0.4, -0.2) is 10.7 Å². The first-order valence-corrected chi connectivity index (χ1v) is 4.71. The quantitative estimate of drug-likeness (QED) is 0.738. The van der Waals surface area contributed by atoms with Crippen LogP contribution in [0, 0.1) is 0 Å². The minimum atomic E-state index is -0.524. The van der Waals surface area contributed by atoms with Crippen molar-refractivity contribution in [3.05, 3.63) is 22.4 Å². The zero-order valence-corrected chi connectivity index (χ0v) is 7.82. The van der Waals surface area contributed by atoms with Crippen molar-refractivity contribution < 1.29 is 5.11 Å². The second kappa shape index (κ2) is 3.37. The summed E-state index contributed by atoms with van der Waals surface area (Å²) in [4.78, 5) is 1.35. The molecule has 0 aliphatic heterocycles. The fourth-order valence-electron chi connectivity index (χ4n) is 0.884. The van der Waals surface area contributed by atoms with Gasteiger partial charge in [-0.15, -0.1) is 11.3 Å². The van der Waals surface area contributed by atoms with E-state index in [0.29, 0.717) is 0 Å². The van der Waals surface area contributed by atoms with Crippen LogP contribution in [-0.2, 0) is 6.42 Å². The van der Waals surface area contributed by atoms with Crippen molar-refractivity contribution >= 4 is 11.3 Å². The molecule has 0 atom stereocenters. The fraction of sp³-hybridized carbons (Fsp3) is 0.556. The van der Waals surface area contributed by atoms with Gasteiger partial charge in [0.05, 0.1) is 5.60 Å². The van der Waals surface area contributed by atoms with Gasteiger partial charge in [-0.05, 0) is 38.1 Å². The molecule has 1 heterocycles. The van der Waals surface area contributed by atoms with Gasteiger partial charge >= 0.3 is 0 Å². The normalized spacial score (nSPS) is 11.9. The third-order valence-corrected chi connectivity index (χ3v) is 2.50. The monoisotopic (exact) mass is 170 g/mol. The summed E-state index contributed by atoms with van der Waals surface area (Å²) >= 11 is 1.75. The van der Waals surface area contributed by atoms with Crippen LogP contribution in [0.5, 0.6) is 0 Å². The van der Waals surface area contributed by atoms with Gasteiger partial charge in [0, 0.05) is 4.88 Å². The molecule has 1 aromatic rings. The molecule has 0 aliphatic carbocycles. The van der Waals surface area contributed by atoms with E-state index in [1.165, 1.54) is 4.88 Å². The van der Waals surface area contributed by atoms with Gasteiger partial charge in [0.15, 0.2) is 0 Å². The summed E-state index contributed by atoms with van der Waals surface area (Å²) in [7, 11) is 0. The molecule has 1 N–H and O–H groups in total. The van der Waals surface area contributed by atoms with Crippen LogP contribution in [0.3, 0.4) is 0 Å². The summed E-state index contributed by atoms with van der Waals surface area (Å²) in [5, 5.41) is 11.5. The predicted octanol–water partition coefficient (Wildman–Crippen LogP) is 2.45. The molecule has 2 heteroatoms. The summed E-state index contributed by atoms with van der Waals surface area (Å²) in [6.45, 7) is 3.70. The Morgan fingerprint density at radius 2 is 2.27 bits per heavy atom. The van der Waals surface area contributed by atoms with Gasteiger partial charge in [-0.25, -0.2) is 0 Å². The Labute approximate surface area is 71.7 Å². The molecular formula is C9H14OS. The van der Waals surface area contributed by atoms with Crippen molar-refractivity contribution in [2.75, 3.05) is 0 Å². The zero-order chi connectivity index (χ0) is 8.32. The Bertz CT molecular complexity index is 196. The van der Waals surface area contributed by atoms with Gasteiger partial charge in [0.1, 0.15) is 0 Å². The first-order chi connectivity index (χ1) is 5.08. The third-order valence-electron chi connectivity index (χ3n) is 1.56. The number of hydrogen-bond acceptors (Lipinski definition) is 2. The lowest BCUT2D eigenvalue weighted by atomic mass is 10.0. The van der Waals surface area contributed by atoms with Crippen LogP contribution in [0.15, 0.2) is 17.5 Å². The van der Waals surface area contributed by atoms with E-state index in [0.717, 1.165) is 12.8 Å². The summed E-state index contributed by atoms with van der Waals surface area (Å²) in [6.07, 6.45) is 1.83. The Hall–Kier alpha value is -0.340. The molecule has 0 fully saturated rings. The largest absolute Gasteiger partial charge is 0.390 e. The lowest BCUT2D eigenvalue weighted by Gasteiger charge is -2.15. The lowest BCUT2D eigenvalue weighted by Crippen LogP contribution is -2.18. The molecule has 0 saturated carbocycles. The summed E-state index contributed by atoms with van der Waals surface area (Å²) in [5.74, 6) is 0. The Morgan fingerprint density at radius 3 is 2.73 bits per heavy atom. The van der Waals surface area contributed by atoms with Gasteiger partial charge in [-0.3, -0.25) is 0 Å². The molecule has 0 spiro atoms. The molecule has 0 radical (unpaired) electrons. The minimum absolute atomic E-state index is 0.524. The van der Waals surface area contributed by atoms with Gasteiger partial charge in [0.2, 0.25) is 0 Å². The molecule has 1 aromatic heterocycles. The fourth-order valence-corrected chi connectivity index (χ4v) is 1.59. The standard InChI is InChI=1S/C9H14OS/c1-9(2,10)6-5-8-4-3-7-11-8/h3-4,7,10H,5-6H2,1-2H3. The van der Waals surface area contributed by atoms with Crippen molar-refractivity contribution in [3.8, 4) is 0 Å². The topological polar surface area (TPSA) is 20.2 Å². The second-order valence-electron chi connectivity index (χ2n) is 3.39. The van der Waals surface area contributed by atoms with Crippen LogP contribution in [0.4, 0.5) is 0 Å². The van der Waals surface area contributed by atoms with Crippen molar-refractivity contribution in [3.63, 3.8) is 0 Å². The molecule has 11 heavy (non-hydrogen) atoms. The summed E-state index contributed by atoms with van der Waals surface area (Å²) < 4.78 is 0. The first-order valence-electron chi connectivity index (χ1n) is 3.83. The van der Waals surface area contributed by atoms with Crippen LogP contribution < -0.4 is 0 Å². The molecular weight excluding hydrogens is 156 g/mol. The Kier molecular flexibility index (Phi) is 2.68. The smallest absolute Gasteiger partial charge is 0.0595 e. The molecule has 0 amide bonds. The zero-order valence-electron chi connectivity index (χ0n) is 7.00. The molecule has 0 unspecified atom stereocenters. The lowest BCUT2D eigenvalue weighted by molar-refractivity contribution is 0.0716. The van der Waals surface area contributed by atoms with Crippen LogP contribution in [0.2, 0.25) is 0 Å². The number of hydrogen-bond donors (Lipinski definition) is 1. The number of aryl methyl sites for hydroxylation is 1. The maximum absolute atomic E-state index is 9.42. The average Bonchev–Trinajstić information content (AvgIpc) is 2.32. The number of rotatable bonds is 3. The van der Waals surface area contributed by atoms with Crippen LogP contribution in [0.1, 0.15) is 25.1 Å². The third kappa shape index (κ3) is 3.54. The highest BCUT2D eigenvalue weighted by atomic mass is 32.1. The maximum atomic E-state index is 9.42. The molecule has 0 aliphatic rings. The van der Waals surface area contributed by atoms with E-state index in [1.807, 2.05) is 19.9 Å². The van der Waals surface area contributed by atoms with Gasteiger partial charge in [-0.2, -0.15) is 0 Å². The number of aliphatic hydroxyl groups is 1. The van der Waals surface area contributed by atoms with Gasteiger partial charge in [-0.1, -0.05) is 6.07 Å². The summed E-state index contributed by atoms with van der Waals surface area (Å²) in [6, 6.07) is 4.15. The van der Waals surface area contributed by atoms with E-state index >= 15 is 0 Å². The molecule has 0 saturated heterocycles. The Balaban J connectivity index is 2.35. The van der Waals surface area contributed by atoms with E-state index in [1.54, 1.807) is 11.3 Å². The van der Waals surface area contributed by atoms with Crippen molar-refractivity contribution in [1.29, 1.82) is 0 Å². The number of thiophene rings is 1. The minimum Gasteiger partial charge on any atom is -0.390 e. The first kappa shape index (κ1) is 8.75. The van der Waals surface area contributed by atoms with Crippen molar-refractivity contribution in [2.45, 2.75) is 32.3 Å². The molecule has 0 aromatic carbocycles. The summed E-state index contributed by atoms with van der Waals surface area (Å²) in [5.41, 5.74) is -0.524. The van der Waals surface area contributed by atoms with E-state index < -0.39 is 5.60 Å². The van der Waals surface area contributed by atoms with E-state index in [9.17, 15) is 5.11 Å². The second-order valence-corrected chi connectivity index (χ2v) is 4.42. The predicted molar refractivity (Wildman–Crippen MR) is 48.9 cm³/mol. The van der Waals surface area contributed by atoms with Crippen molar-refractivity contribution in [1.82, 2.24) is 0 Å². The highest BCUT2D eigenvalue weighted by Gasteiger charge is 2.11. The van der Waals surface area contributed by atoms with Gasteiger partial charge in [0.25, 0.3) is 0 Å². The SMILES string of the molecule is CC(C)(O)CCc1cccs1. The maximum Gasteiger partial charge on any atom is 0.0595 e. The molecule has 1 rings (SSSR count). The highest BCUT2D eigenvalue weighted by Crippen LogP contribution is 2.16. The van der Waals surface area contributed by atoms with Crippen LogP contribution >= 0.6 is 11.3 Å². The van der Waals surface area contributed by atoms with Crippen molar-refractivity contribution in [2.24, 2.45) is 0 Å². The van der Waals surface area contributed by atoms with Crippen LogP contribution in [0.25, 0.3) is 0 Å². The highest BCUT2D eigenvalue weighted by molar-refractivity contribution is 7.09. The molecule has 1 nitrogen and oxygen atoms in total. The van der Waals surface area contributed by atoms with Gasteiger partial charge < -0.3 is 5.11 Å². The molecule has 62 valence electrons. The van der Waals surface area contributed by atoms with E-state index in [2.05, 4.69) is 11.4 Å². The molecule has 0 bridgehead atoms.